The highest BCUT2D eigenvalue weighted by molar-refractivity contribution is 5.28. The van der Waals surface area contributed by atoms with Crippen molar-refractivity contribution in [2.24, 2.45) is 17.6 Å². The first kappa shape index (κ1) is 5.56. The summed E-state index contributed by atoms with van der Waals surface area (Å²) in [7, 11) is 0. The Hall–Kier alpha value is -0.0800. The van der Waals surface area contributed by atoms with Gasteiger partial charge < -0.3 is 5.73 Å². The predicted molar refractivity (Wildman–Crippen MR) is 39.6 cm³/mol. The monoisotopic (exact) mass is 138 g/mol. The largest absolute Gasteiger partial charge is 0.326 e. The summed E-state index contributed by atoms with van der Waals surface area (Å²) in [6.45, 7) is 5.00. The highest BCUT2D eigenvalue weighted by Gasteiger charge is 2.72. The van der Waals surface area contributed by atoms with Crippen LogP contribution in [-0.2, 0) is 0 Å². The molecule has 2 heteroatoms. The molecule has 0 radical (unpaired) electrons. The molecule has 3 fully saturated rings. The molecule has 3 aliphatic rings. The van der Waals surface area contributed by atoms with E-state index in [0.29, 0.717) is 11.6 Å². The molecule has 1 aliphatic carbocycles. The Balaban J connectivity index is 1.94. The van der Waals surface area contributed by atoms with Crippen LogP contribution in [-0.4, -0.2) is 29.6 Å². The van der Waals surface area contributed by atoms with Crippen LogP contribution >= 0.6 is 0 Å². The molecule has 2 saturated heterocycles. The van der Waals surface area contributed by atoms with Crippen molar-refractivity contribution >= 4 is 0 Å². The van der Waals surface area contributed by atoms with Gasteiger partial charge in [0.15, 0.2) is 0 Å². The third-order valence-corrected chi connectivity index (χ3v) is 4.06. The van der Waals surface area contributed by atoms with Crippen molar-refractivity contribution in [3.8, 4) is 0 Å². The number of rotatable bonds is 0. The predicted octanol–water partition coefficient (Wildman–Crippen LogP) is 0.0377. The second-order valence-corrected chi connectivity index (χ2v) is 4.23. The van der Waals surface area contributed by atoms with E-state index in [1.165, 1.54) is 19.5 Å². The molecule has 0 bridgehead atoms. The van der Waals surface area contributed by atoms with Crippen molar-refractivity contribution in [1.82, 2.24) is 4.90 Å². The van der Waals surface area contributed by atoms with Gasteiger partial charge in [0.05, 0.1) is 0 Å². The van der Waals surface area contributed by atoms with Crippen LogP contribution in [0.25, 0.3) is 0 Å². The van der Waals surface area contributed by atoms with E-state index in [0.717, 1.165) is 11.8 Å². The van der Waals surface area contributed by atoms with Crippen LogP contribution in [0.4, 0.5) is 0 Å². The lowest BCUT2D eigenvalue weighted by Gasteiger charge is -2.79. The van der Waals surface area contributed by atoms with Crippen LogP contribution < -0.4 is 5.73 Å². The fourth-order valence-electron chi connectivity index (χ4n) is 3.53. The smallest absolute Gasteiger partial charge is 0.0439 e. The molecule has 4 atom stereocenters. The third kappa shape index (κ3) is 0.294. The Labute approximate surface area is 61.4 Å². The minimum atomic E-state index is 0.509. The number of hydrogen-bond donors (Lipinski definition) is 1. The second-order valence-electron chi connectivity index (χ2n) is 4.23. The number of nitrogens with zero attached hydrogens (tertiary/aromatic N) is 1. The van der Waals surface area contributed by atoms with E-state index in [4.69, 9.17) is 5.73 Å². The zero-order valence-corrected chi connectivity index (χ0v) is 6.38. The van der Waals surface area contributed by atoms with Crippen molar-refractivity contribution in [3.63, 3.8) is 0 Å². The normalized spacial score (nSPS) is 64.8. The van der Waals surface area contributed by atoms with Crippen LogP contribution in [0.5, 0.6) is 0 Å². The summed E-state index contributed by atoms with van der Waals surface area (Å²) in [5, 5.41) is 0. The summed E-state index contributed by atoms with van der Waals surface area (Å²) < 4.78 is 0. The van der Waals surface area contributed by atoms with E-state index in [1.807, 2.05) is 0 Å². The molecule has 0 amide bonds. The molecule has 56 valence electrons. The Morgan fingerprint density at radius 3 is 2.60 bits per heavy atom. The summed E-state index contributed by atoms with van der Waals surface area (Å²) >= 11 is 0. The van der Waals surface area contributed by atoms with Crippen LogP contribution in [0.15, 0.2) is 0 Å². The first-order chi connectivity index (χ1) is 4.76. The van der Waals surface area contributed by atoms with Gasteiger partial charge >= 0.3 is 0 Å². The molecule has 1 saturated carbocycles. The molecule has 10 heavy (non-hydrogen) atoms. The molecule has 3 rings (SSSR count). The third-order valence-electron chi connectivity index (χ3n) is 4.06. The maximum Gasteiger partial charge on any atom is 0.0439 e. The van der Waals surface area contributed by atoms with E-state index in [1.54, 1.807) is 0 Å². The average Bonchev–Trinajstić information content (AvgIpc) is 1.82. The van der Waals surface area contributed by atoms with Gasteiger partial charge in [-0.25, -0.2) is 0 Å². The highest BCUT2D eigenvalue weighted by Crippen LogP contribution is 2.61. The molecule has 2 heterocycles. The number of piperidine rings is 2. The molecule has 0 aromatic rings. The lowest BCUT2D eigenvalue weighted by molar-refractivity contribution is -0.272. The molecule has 2 nitrogen and oxygen atoms in total. The average molecular weight is 138 g/mol. The Kier molecular flexibility index (Phi) is 0.710. The fourth-order valence-corrected chi connectivity index (χ4v) is 3.53. The quantitative estimate of drug-likeness (QED) is 0.512. The van der Waals surface area contributed by atoms with E-state index in [2.05, 4.69) is 11.8 Å². The van der Waals surface area contributed by atoms with Crippen molar-refractivity contribution in [1.29, 1.82) is 0 Å². The molecule has 0 aromatic heterocycles. The molecule has 4 unspecified atom stereocenters. The number of nitrogens with two attached hydrogens (primary N) is 1. The van der Waals surface area contributed by atoms with E-state index in [9.17, 15) is 0 Å². The zero-order chi connectivity index (χ0) is 6.93. The Morgan fingerprint density at radius 2 is 2.30 bits per heavy atom. The van der Waals surface area contributed by atoms with Crippen LogP contribution in [0.1, 0.15) is 13.3 Å². The first-order valence-corrected chi connectivity index (χ1v) is 4.27. The molecule has 2 N–H and O–H groups in total. The molecule has 0 aromatic carbocycles. The lowest BCUT2D eigenvalue weighted by atomic mass is 9.46. The van der Waals surface area contributed by atoms with Crippen LogP contribution in [0.2, 0.25) is 0 Å². The van der Waals surface area contributed by atoms with Crippen molar-refractivity contribution in [3.05, 3.63) is 0 Å². The highest BCUT2D eigenvalue weighted by atomic mass is 15.4. The van der Waals surface area contributed by atoms with E-state index in [-0.39, 0.29) is 0 Å². The van der Waals surface area contributed by atoms with Gasteiger partial charge in [0, 0.05) is 24.7 Å². The van der Waals surface area contributed by atoms with Crippen LogP contribution in [0.3, 0.4) is 0 Å². The van der Waals surface area contributed by atoms with Gasteiger partial charge in [-0.15, -0.1) is 0 Å². The number of hydrogen-bond acceptors (Lipinski definition) is 2. The van der Waals surface area contributed by atoms with E-state index < -0.39 is 0 Å². The first-order valence-electron chi connectivity index (χ1n) is 4.27. The summed E-state index contributed by atoms with van der Waals surface area (Å²) in [5.41, 5.74) is 6.52. The minimum Gasteiger partial charge on any atom is -0.326 e. The summed E-state index contributed by atoms with van der Waals surface area (Å²) in [5.74, 6) is 1.86. The summed E-state index contributed by atoms with van der Waals surface area (Å²) in [4.78, 5) is 2.57. The van der Waals surface area contributed by atoms with E-state index >= 15 is 0 Å². The fraction of sp³-hybridized carbons (Fsp3) is 1.00. The standard InChI is InChI=1S/C8H14N2/c1-5-3-10-4-6-2-7(9)8(5,6)10/h5-7H,2-4,9H2,1H3. The SMILES string of the molecule is CC1CN2CC3CC(N)C132. The zero-order valence-electron chi connectivity index (χ0n) is 6.38. The molecule has 2 aliphatic heterocycles. The minimum absolute atomic E-state index is 0.509. The maximum atomic E-state index is 5.99. The lowest BCUT2D eigenvalue weighted by Crippen LogP contribution is -2.91. The Bertz CT molecular complexity index is 150. The van der Waals surface area contributed by atoms with Gasteiger partial charge in [-0.1, -0.05) is 6.92 Å². The topological polar surface area (TPSA) is 29.3 Å². The van der Waals surface area contributed by atoms with Crippen LogP contribution in [0, 0.1) is 11.8 Å². The van der Waals surface area contributed by atoms with Gasteiger partial charge in [0.25, 0.3) is 0 Å². The maximum absolute atomic E-state index is 5.99. The summed E-state index contributed by atoms with van der Waals surface area (Å²) in [6.07, 6.45) is 1.29. The van der Waals surface area contributed by atoms with Crippen molar-refractivity contribution in [2.45, 2.75) is 24.9 Å². The van der Waals surface area contributed by atoms with Crippen molar-refractivity contribution < 1.29 is 0 Å². The molecular weight excluding hydrogens is 124 g/mol. The van der Waals surface area contributed by atoms with Gasteiger partial charge in [0.2, 0.25) is 0 Å². The van der Waals surface area contributed by atoms with Gasteiger partial charge in [-0.05, 0) is 18.3 Å². The van der Waals surface area contributed by atoms with Gasteiger partial charge in [-0.2, -0.15) is 0 Å². The molecule has 1 spiro atoms. The molecular formula is C8H14N2. The van der Waals surface area contributed by atoms with Gasteiger partial charge in [0.1, 0.15) is 0 Å². The van der Waals surface area contributed by atoms with Gasteiger partial charge in [-0.3, -0.25) is 4.90 Å². The van der Waals surface area contributed by atoms with Crippen molar-refractivity contribution in [2.75, 3.05) is 13.1 Å². The Morgan fingerprint density at radius 1 is 1.50 bits per heavy atom. The second kappa shape index (κ2) is 1.28. The summed E-state index contributed by atoms with van der Waals surface area (Å²) in [6, 6.07) is 0.509.